The van der Waals surface area contributed by atoms with E-state index in [1.807, 2.05) is 6.92 Å². The third kappa shape index (κ3) is 2.20. The molecule has 0 spiro atoms. The van der Waals surface area contributed by atoms with Crippen molar-refractivity contribution in [1.82, 2.24) is 4.57 Å². The number of carboxylic acid groups (broad SMARTS) is 1. The van der Waals surface area contributed by atoms with E-state index in [0.29, 0.717) is 23.7 Å². The Labute approximate surface area is 125 Å². The molecule has 0 unspecified atom stereocenters. The van der Waals surface area contributed by atoms with Crippen molar-refractivity contribution >= 4 is 28.4 Å². The Balaban J connectivity index is 2.04. The summed E-state index contributed by atoms with van der Waals surface area (Å²) in [7, 11) is 0. The molecule has 0 saturated heterocycles. The number of carboxylic acids is 1. The molecule has 1 N–H and O–H groups in total. The van der Waals surface area contributed by atoms with Gasteiger partial charge in [0.15, 0.2) is 17.3 Å². The van der Waals surface area contributed by atoms with Crippen LogP contribution in [0.5, 0.6) is 11.5 Å². The first-order valence-electron chi connectivity index (χ1n) is 6.73. The van der Waals surface area contributed by atoms with Gasteiger partial charge >= 0.3 is 5.97 Å². The Bertz CT molecular complexity index is 804. The number of hydrogen-bond acceptors (Lipinski definition) is 5. The number of nitrogens with zero attached hydrogens (tertiary/aromatic N) is 1. The third-order valence-corrected chi connectivity index (χ3v) is 3.56. The summed E-state index contributed by atoms with van der Waals surface area (Å²) in [4.78, 5) is 34.0. The normalized spacial score (nSPS) is 12.6. The van der Waals surface area contributed by atoms with Crippen molar-refractivity contribution < 1.29 is 29.0 Å². The third-order valence-electron chi connectivity index (χ3n) is 3.56. The summed E-state index contributed by atoms with van der Waals surface area (Å²) in [6.45, 7) is 2.53. The quantitative estimate of drug-likeness (QED) is 0.512. The van der Waals surface area contributed by atoms with Gasteiger partial charge in [0.1, 0.15) is 0 Å². The number of hydrogen-bond donors (Lipinski definition) is 1. The van der Waals surface area contributed by atoms with Crippen LogP contribution in [0.25, 0.3) is 10.9 Å². The fourth-order valence-electron chi connectivity index (χ4n) is 2.54. The van der Waals surface area contributed by atoms with Crippen LogP contribution in [0.1, 0.15) is 23.8 Å². The van der Waals surface area contributed by atoms with Crippen LogP contribution in [-0.2, 0) is 16.1 Å². The number of ether oxygens (including phenoxy) is 2. The maximum absolute atomic E-state index is 12.2. The minimum Gasteiger partial charge on any atom is -0.475 e. The predicted molar refractivity (Wildman–Crippen MR) is 75.3 cm³/mol. The van der Waals surface area contributed by atoms with Gasteiger partial charge < -0.3 is 19.1 Å². The molecule has 0 fully saturated rings. The van der Waals surface area contributed by atoms with Crippen LogP contribution in [-0.4, -0.2) is 34.0 Å². The average molecular weight is 303 g/mol. The SMILES string of the molecule is CCn1c(C(=O)CC(=O)C(=O)O)cc2cc3c(cc21)OCO3. The van der Waals surface area contributed by atoms with Gasteiger partial charge in [-0.3, -0.25) is 9.59 Å². The Morgan fingerprint density at radius 2 is 1.86 bits per heavy atom. The maximum atomic E-state index is 12.2. The van der Waals surface area contributed by atoms with Gasteiger partial charge in [0.2, 0.25) is 12.6 Å². The summed E-state index contributed by atoms with van der Waals surface area (Å²) in [6, 6.07) is 5.18. The molecule has 0 saturated carbocycles. The van der Waals surface area contributed by atoms with Crippen LogP contribution in [0.15, 0.2) is 18.2 Å². The predicted octanol–water partition coefficient (Wildman–Crippen LogP) is 1.62. The maximum Gasteiger partial charge on any atom is 0.372 e. The lowest BCUT2D eigenvalue weighted by Gasteiger charge is -2.06. The summed E-state index contributed by atoms with van der Waals surface area (Å²) in [5.41, 5.74) is 1.08. The monoisotopic (exact) mass is 303 g/mol. The number of aliphatic carboxylic acids is 1. The summed E-state index contributed by atoms with van der Waals surface area (Å²) in [6.07, 6.45) is -0.654. The number of carbonyl (C=O) groups excluding carboxylic acids is 2. The highest BCUT2D eigenvalue weighted by Gasteiger charge is 2.23. The van der Waals surface area contributed by atoms with Gasteiger partial charge in [-0.05, 0) is 19.1 Å². The van der Waals surface area contributed by atoms with Crippen molar-refractivity contribution in [2.45, 2.75) is 19.9 Å². The second-order valence-corrected chi connectivity index (χ2v) is 4.87. The number of fused-ring (bicyclic) bond motifs is 2. The van der Waals surface area contributed by atoms with E-state index in [4.69, 9.17) is 14.6 Å². The van der Waals surface area contributed by atoms with Crippen LogP contribution in [0.4, 0.5) is 0 Å². The van der Waals surface area contributed by atoms with Crippen LogP contribution in [0.2, 0.25) is 0 Å². The fraction of sp³-hybridized carbons (Fsp3) is 0.267. The lowest BCUT2D eigenvalue weighted by molar-refractivity contribution is -0.148. The van der Waals surface area contributed by atoms with Crippen molar-refractivity contribution in [2.24, 2.45) is 0 Å². The molecule has 0 radical (unpaired) electrons. The first-order valence-corrected chi connectivity index (χ1v) is 6.73. The van der Waals surface area contributed by atoms with Crippen molar-refractivity contribution in [1.29, 1.82) is 0 Å². The summed E-state index contributed by atoms with van der Waals surface area (Å²) < 4.78 is 12.3. The number of ketones is 2. The number of carbonyl (C=O) groups is 3. The van der Waals surface area contributed by atoms with E-state index in [2.05, 4.69) is 0 Å². The molecule has 114 valence electrons. The fourth-order valence-corrected chi connectivity index (χ4v) is 2.54. The average Bonchev–Trinajstić information content (AvgIpc) is 3.07. The van der Waals surface area contributed by atoms with Crippen molar-refractivity contribution in [2.75, 3.05) is 6.79 Å². The standard InChI is InChI=1S/C15H13NO6/c1-2-16-9-5-14-13(21-7-22-14)4-8(9)3-10(16)11(17)6-12(18)15(19)20/h3-5H,2,6-7H2,1H3,(H,19,20). The minimum atomic E-state index is -1.60. The highest BCUT2D eigenvalue weighted by atomic mass is 16.7. The second-order valence-electron chi connectivity index (χ2n) is 4.87. The largest absolute Gasteiger partial charge is 0.475 e. The smallest absolute Gasteiger partial charge is 0.372 e. The van der Waals surface area contributed by atoms with E-state index in [0.717, 1.165) is 10.9 Å². The Hall–Kier alpha value is -2.83. The molecular formula is C15H13NO6. The summed E-state index contributed by atoms with van der Waals surface area (Å²) in [5, 5.41) is 9.39. The van der Waals surface area contributed by atoms with E-state index < -0.39 is 24.0 Å². The van der Waals surface area contributed by atoms with E-state index in [9.17, 15) is 14.4 Å². The first kappa shape index (κ1) is 14.1. The molecule has 7 nitrogen and oxygen atoms in total. The van der Waals surface area contributed by atoms with Crippen LogP contribution in [0, 0.1) is 0 Å². The number of Topliss-reactive ketones (excluding diaryl/α,β-unsaturated/α-hetero) is 2. The molecule has 3 rings (SSSR count). The Morgan fingerprint density at radius 1 is 1.18 bits per heavy atom. The van der Waals surface area contributed by atoms with Gasteiger partial charge in [0, 0.05) is 18.0 Å². The minimum absolute atomic E-state index is 0.160. The number of benzene rings is 1. The lowest BCUT2D eigenvalue weighted by Crippen LogP contribution is -2.19. The summed E-state index contributed by atoms with van der Waals surface area (Å²) >= 11 is 0. The molecule has 7 heteroatoms. The van der Waals surface area contributed by atoms with Crippen LogP contribution < -0.4 is 9.47 Å². The molecule has 0 aliphatic carbocycles. The number of rotatable bonds is 5. The highest BCUT2D eigenvalue weighted by Crippen LogP contribution is 2.37. The topological polar surface area (TPSA) is 94.8 Å². The van der Waals surface area contributed by atoms with Crippen LogP contribution in [0.3, 0.4) is 0 Å². The van der Waals surface area contributed by atoms with Crippen LogP contribution >= 0.6 is 0 Å². The molecule has 0 bridgehead atoms. The Morgan fingerprint density at radius 3 is 2.50 bits per heavy atom. The molecule has 2 aromatic rings. The van der Waals surface area contributed by atoms with Gasteiger partial charge in [-0.1, -0.05) is 0 Å². The van der Waals surface area contributed by atoms with E-state index in [1.54, 1.807) is 22.8 Å². The zero-order valence-electron chi connectivity index (χ0n) is 11.8. The molecule has 0 amide bonds. The lowest BCUT2D eigenvalue weighted by atomic mass is 10.1. The molecule has 0 atom stereocenters. The molecule has 1 aromatic heterocycles. The van der Waals surface area contributed by atoms with Crippen molar-refractivity contribution in [3.05, 3.63) is 23.9 Å². The van der Waals surface area contributed by atoms with Gasteiger partial charge in [-0.25, -0.2) is 4.79 Å². The molecule has 2 heterocycles. The van der Waals surface area contributed by atoms with Gasteiger partial charge in [-0.15, -0.1) is 0 Å². The number of aromatic nitrogens is 1. The Kier molecular flexibility index (Phi) is 3.32. The van der Waals surface area contributed by atoms with E-state index >= 15 is 0 Å². The zero-order valence-corrected chi connectivity index (χ0v) is 11.8. The van der Waals surface area contributed by atoms with E-state index in [-0.39, 0.29) is 6.79 Å². The second kappa shape index (κ2) is 5.18. The zero-order chi connectivity index (χ0) is 15.9. The molecule has 22 heavy (non-hydrogen) atoms. The molecule has 1 aliphatic heterocycles. The number of aryl methyl sites for hydroxylation is 1. The molecule has 1 aromatic carbocycles. The summed E-state index contributed by atoms with van der Waals surface area (Å²) in [5.74, 6) is -2.05. The van der Waals surface area contributed by atoms with Crippen molar-refractivity contribution in [3.63, 3.8) is 0 Å². The first-order chi connectivity index (χ1) is 10.5. The highest BCUT2D eigenvalue weighted by molar-refractivity contribution is 6.37. The van der Waals surface area contributed by atoms with Gasteiger partial charge in [-0.2, -0.15) is 0 Å². The van der Waals surface area contributed by atoms with Gasteiger partial charge in [0.25, 0.3) is 0 Å². The van der Waals surface area contributed by atoms with E-state index in [1.165, 1.54) is 0 Å². The van der Waals surface area contributed by atoms with Gasteiger partial charge in [0.05, 0.1) is 17.6 Å². The van der Waals surface area contributed by atoms with Crippen molar-refractivity contribution in [3.8, 4) is 11.5 Å². The molecular weight excluding hydrogens is 290 g/mol. The molecule has 1 aliphatic rings.